The lowest BCUT2D eigenvalue weighted by molar-refractivity contribution is -0.0367. The molecule has 0 bridgehead atoms. The molecular weight excluding hydrogens is 500 g/mol. The predicted octanol–water partition coefficient (Wildman–Crippen LogP) is 7.34. The number of rotatable bonds is 7. The molecule has 2 atom stereocenters. The fourth-order valence-corrected chi connectivity index (χ4v) is 4.70. The van der Waals surface area contributed by atoms with Crippen molar-refractivity contribution in [2.24, 2.45) is 0 Å². The van der Waals surface area contributed by atoms with E-state index in [2.05, 4.69) is 4.98 Å². The van der Waals surface area contributed by atoms with Crippen LogP contribution in [0, 0.1) is 5.82 Å². The Morgan fingerprint density at radius 3 is 2.78 bits per heavy atom. The minimum absolute atomic E-state index is 0.220. The second-order valence-electron chi connectivity index (χ2n) is 8.84. The molecule has 1 saturated heterocycles. The number of fused-ring (bicyclic) bond motifs is 1. The fraction of sp³-hybridized carbons (Fsp3) is 0.250. The molecule has 2 aromatic carbocycles. The van der Waals surface area contributed by atoms with E-state index in [-0.39, 0.29) is 22.5 Å². The van der Waals surface area contributed by atoms with Crippen molar-refractivity contribution in [3.8, 4) is 5.75 Å². The maximum absolute atomic E-state index is 15.2. The van der Waals surface area contributed by atoms with Crippen LogP contribution in [0.5, 0.6) is 5.75 Å². The Kier molecular flexibility index (Phi) is 7.30. The van der Waals surface area contributed by atoms with E-state index in [1.54, 1.807) is 16.8 Å². The lowest BCUT2D eigenvalue weighted by Gasteiger charge is -2.23. The first-order valence-corrected chi connectivity index (χ1v) is 12.3. The first kappa shape index (κ1) is 25.0. The van der Waals surface area contributed by atoms with Gasteiger partial charge in [0, 0.05) is 35.4 Å². The molecule has 2 unspecified atom stereocenters. The average Bonchev–Trinajstić information content (AvgIpc) is 3.26. The third kappa shape index (κ3) is 5.40. The third-order valence-electron chi connectivity index (χ3n) is 6.29. The van der Waals surface area contributed by atoms with Crippen LogP contribution >= 0.6 is 11.6 Å². The minimum atomic E-state index is -0.543. The summed E-state index contributed by atoms with van der Waals surface area (Å²) in [5, 5.41) is 5.65. The molecule has 0 aliphatic carbocycles. The van der Waals surface area contributed by atoms with E-state index < -0.39 is 17.7 Å². The van der Waals surface area contributed by atoms with Crippen molar-refractivity contribution >= 4 is 40.7 Å². The Balaban J connectivity index is 1.53. The molecule has 0 amide bonds. The molecule has 1 aliphatic rings. The maximum atomic E-state index is 15.2. The van der Waals surface area contributed by atoms with Gasteiger partial charge in [0.25, 0.3) is 0 Å². The van der Waals surface area contributed by atoms with Crippen molar-refractivity contribution in [2.75, 3.05) is 6.61 Å². The molecule has 4 aromatic rings. The Morgan fingerprint density at radius 1 is 1.22 bits per heavy atom. The second kappa shape index (κ2) is 10.8. The van der Waals surface area contributed by atoms with Gasteiger partial charge in [-0.2, -0.15) is 5.10 Å². The molecule has 9 heteroatoms. The number of ether oxygens (including phenoxy) is 2. The molecular formula is C28H24ClF2N3O3. The first-order valence-electron chi connectivity index (χ1n) is 12.0. The summed E-state index contributed by atoms with van der Waals surface area (Å²) in [6.07, 6.45) is 5.34. The van der Waals surface area contributed by atoms with E-state index in [4.69, 9.17) is 26.2 Å². The first-order chi connectivity index (χ1) is 17.9. The summed E-state index contributed by atoms with van der Waals surface area (Å²) in [6.45, 7) is 2.45. The topological polar surface area (TPSA) is 66.2 Å². The van der Waals surface area contributed by atoms with E-state index in [1.165, 1.54) is 36.5 Å². The predicted molar refractivity (Wildman–Crippen MR) is 138 cm³/mol. The molecule has 0 radical (unpaired) electrons. The van der Waals surface area contributed by atoms with Gasteiger partial charge in [-0.3, -0.25) is 9.78 Å². The number of carbonyl (C=O) groups is 1. The highest BCUT2D eigenvalue weighted by atomic mass is 35.5. The molecule has 6 nitrogen and oxygen atoms in total. The number of aldehydes is 1. The number of hydrogen-bond donors (Lipinski definition) is 0. The van der Waals surface area contributed by atoms with Crippen molar-refractivity contribution in [2.45, 2.75) is 38.5 Å². The number of carbonyl (C=O) groups excluding carboxylic acids is 1. The Morgan fingerprint density at radius 2 is 2.08 bits per heavy atom. The van der Waals surface area contributed by atoms with Crippen LogP contribution in [0.15, 0.2) is 54.7 Å². The summed E-state index contributed by atoms with van der Waals surface area (Å²) >= 11 is 6.21. The number of halogens is 3. The molecule has 0 N–H and O–H groups in total. The van der Waals surface area contributed by atoms with Crippen LogP contribution in [0.3, 0.4) is 0 Å². The van der Waals surface area contributed by atoms with Crippen molar-refractivity contribution in [3.05, 3.63) is 88.1 Å². The second-order valence-corrected chi connectivity index (χ2v) is 9.24. The standard InChI is InChI=1S/C28H24ClF2N3O3/c1-17(22-9-6-19(30)12-24(22)29)37-21-8-10-27-23(13-21)26(33-34(27)28-4-2-3-11-36-28)14-25(31)18-5-7-20(16-35)32-15-18/h5-10,12-17,28H,2-4,11H2,1H3/b25-14-. The molecule has 2 aromatic heterocycles. The van der Waals surface area contributed by atoms with Gasteiger partial charge in [0.15, 0.2) is 12.5 Å². The van der Waals surface area contributed by atoms with Crippen molar-refractivity contribution in [1.29, 1.82) is 0 Å². The Labute approximate surface area is 217 Å². The summed E-state index contributed by atoms with van der Waals surface area (Å²) in [7, 11) is 0. The highest BCUT2D eigenvalue weighted by Crippen LogP contribution is 2.34. The third-order valence-corrected chi connectivity index (χ3v) is 6.62. The van der Waals surface area contributed by atoms with Gasteiger partial charge < -0.3 is 9.47 Å². The van der Waals surface area contributed by atoms with Crippen LogP contribution < -0.4 is 4.74 Å². The van der Waals surface area contributed by atoms with Gasteiger partial charge in [-0.1, -0.05) is 17.7 Å². The quantitative estimate of drug-likeness (QED) is 0.237. The molecule has 0 saturated carbocycles. The van der Waals surface area contributed by atoms with E-state index >= 15 is 4.39 Å². The zero-order valence-electron chi connectivity index (χ0n) is 20.0. The van der Waals surface area contributed by atoms with Crippen LogP contribution in [0.25, 0.3) is 22.8 Å². The van der Waals surface area contributed by atoms with Gasteiger partial charge in [-0.05, 0) is 68.7 Å². The van der Waals surface area contributed by atoms with Crippen LogP contribution in [0.4, 0.5) is 8.78 Å². The molecule has 5 rings (SSSR count). The largest absolute Gasteiger partial charge is 0.486 e. The Bertz CT molecular complexity index is 1460. The fourth-order valence-electron chi connectivity index (χ4n) is 4.38. The van der Waals surface area contributed by atoms with Gasteiger partial charge in [0.2, 0.25) is 0 Å². The number of hydrogen-bond acceptors (Lipinski definition) is 5. The number of benzene rings is 2. The van der Waals surface area contributed by atoms with Gasteiger partial charge in [-0.15, -0.1) is 0 Å². The summed E-state index contributed by atoms with van der Waals surface area (Å²) in [6, 6.07) is 12.6. The number of aromatic nitrogens is 3. The zero-order chi connectivity index (χ0) is 25.9. The molecule has 1 fully saturated rings. The van der Waals surface area contributed by atoms with Crippen molar-refractivity contribution < 1.29 is 23.0 Å². The van der Waals surface area contributed by atoms with Crippen LogP contribution in [-0.4, -0.2) is 27.7 Å². The van der Waals surface area contributed by atoms with E-state index in [0.717, 1.165) is 24.8 Å². The monoisotopic (exact) mass is 523 g/mol. The smallest absolute Gasteiger partial charge is 0.168 e. The molecule has 190 valence electrons. The highest BCUT2D eigenvalue weighted by molar-refractivity contribution is 6.31. The summed E-state index contributed by atoms with van der Waals surface area (Å²) < 4.78 is 42.5. The van der Waals surface area contributed by atoms with Gasteiger partial charge >= 0.3 is 0 Å². The SMILES string of the molecule is CC(Oc1ccc2c(c1)c(/C=C(\F)c1ccc(C=O)nc1)nn2C1CCCCO1)c1ccc(F)cc1Cl. The minimum Gasteiger partial charge on any atom is -0.486 e. The number of nitrogens with zero attached hydrogens (tertiary/aromatic N) is 3. The van der Waals surface area contributed by atoms with E-state index in [9.17, 15) is 9.18 Å². The summed E-state index contributed by atoms with van der Waals surface area (Å²) in [5.41, 5.74) is 2.28. The lowest BCUT2D eigenvalue weighted by atomic mass is 10.1. The highest BCUT2D eigenvalue weighted by Gasteiger charge is 2.22. The van der Waals surface area contributed by atoms with Gasteiger partial charge in [0.05, 0.1) is 16.2 Å². The summed E-state index contributed by atoms with van der Waals surface area (Å²) in [4.78, 5) is 14.8. The van der Waals surface area contributed by atoms with Crippen molar-refractivity contribution in [3.63, 3.8) is 0 Å². The number of pyridine rings is 1. The zero-order valence-corrected chi connectivity index (χ0v) is 20.8. The van der Waals surface area contributed by atoms with Crippen LogP contribution in [0.1, 0.15) is 65.8 Å². The molecule has 0 spiro atoms. The van der Waals surface area contributed by atoms with Crippen molar-refractivity contribution in [1.82, 2.24) is 14.8 Å². The van der Waals surface area contributed by atoms with Gasteiger partial charge in [-0.25, -0.2) is 13.5 Å². The lowest BCUT2D eigenvalue weighted by Crippen LogP contribution is -2.19. The summed E-state index contributed by atoms with van der Waals surface area (Å²) in [5.74, 6) is -0.440. The Hall–Kier alpha value is -3.62. The van der Waals surface area contributed by atoms with Gasteiger partial charge in [0.1, 0.15) is 29.2 Å². The van der Waals surface area contributed by atoms with E-state index in [0.29, 0.717) is 35.3 Å². The molecule has 37 heavy (non-hydrogen) atoms. The normalized spacial score (nSPS) is 17.1. The van der Waals surface area contributed by atoms with Crippen LogP contribution in [-0.2, 0) is 4.74 Å². The van der Waals surface area contributed by atoms with Crippen LogP contribution in [0.2, 0.25) is 5.02 Å². The average molecular weight is 524 g/mol. The van der Waals surface area contributed by atoms with E-state index in [1.807, 2.05) is 19.1 Å². The molecule has 1 aliphatic heterocycles. The maximum Gasteiger partial charge on any atom is 0.168 e. The molecule has 3 heterocycles.